The van der Waals surface area contributed by atoms with E-state index in [2.05, 4.69) is 0 Å². The van der Waals surface area contributed by atoms with Gasteiger partial charge in [-0.1, -0.05) is 0 Å². The van der Waals surface area contributed by atoms with E-state index in [1.165, 1.54) is 0 Å². The third-order valence-corrected chi connectivity index (χ3v) is 3.20. The normalized spacial score (nSPS) is 40.9. The fourth-order valence-electron chi connectivity index (χ4n) is 2.15. The van der Waals surface area contributed by atoms with E-state index in [9.17, 15) is 9.59 Å². The van der Waals surface area contributed by atoms with Crippen molar-refractivity contribution < 1.29 is 14.3 Å². The number of hydrogen-bond donors (Lipinski definition) is 0. The summed E-state index contributed by atoms with van der Waals surface area (Å²) in [7, 11) is 0. The Morgan fingerprint density at radius 2 is 2.25 bits per heavy atom. The second-order valence-electron chi connectivity index (χ2n) is 3.94. The van der Waals surface area contributed by atoms with Gasteiger partial charge in [-0.3, -0.25) is 9.59 Å². The number of cyclic esters (lactones) is 1. The third-order valence-electron chi connectivity index (χ3n) is 3.20. The SMILES string of the molecule is CC12COC(=O)CC1CCC2=O. The van der Waals surface area contributed by atoms with Crippen molar-refractivity contribution in [3.63, 3.8) is 0 Å². The molecule has 1 saturated carbocycles. The monoisotopic (exact) mass is 168 g/mol. The highest BCUT2D eigenvalue weighted by Gasteiger charge is 2.50. The summed E-state index contributed by atoms with van der Waals surface area (Å²) < 4.78 is 4.91. The zero-order chi connectivity index (χ0) is 8.77. The van der Waals surface area contributed by atoms with Crippen molar-refractivity contribution in [2.75, 3.05) is 6.61 Å². The van der Waals surface area contributed by atoms with Gasteiger partial charge in [-0.15, -0.1) is 0 Å². The average molecular weight is 168 g/mol. The van der Waals surface area contributed by atoms with Crippen LogP contribution < -0.4 is 0 Å². The van der Waals surface area contributed by atoms with Gasteiger partial charge in [-0.25, -0.2) is 0 Å². The molecule has 1 aliphatic carbocycles. The fraction of sp³-hybridized carbons (Fsp3) is 0.778. The second kappa shape index (κ2) is 2.31. The molecule has 2 unspecified atom stereocenters. The summed E-state index contributed by atoms with van der Waals surface area (Å²) in [6, 6.07) is 0. The summed E-state index contributed by atoms with van der Waals surface area (Å²) in [5.74, 6) is 0.360. The van der Waals surface area contributed by atoms with Gasteiger partial charge in [0.15, 0.2) is 0 Å². The van der Waals surface area contributed by atoms with Crippen molar-refractivity contribution in [3.05, 3.63) is 0 Å². The van der Waals surface area contributed by atoms with Gasteiger partial charge in [0.05, 0.1) is 5.41 Å². The van der Waals surface area contributed by atoms with Crippen LogP contribution in [-0.2, 0) is 14.3 Å². The van der Waals surface area contributed by atoms with E-state index < -0.39 is 0 Å². The first kappa shape index (κ1) is 7.77. The maximum atomic E-state index is 11.4. The Morgan fingerprint density at radius 3 is 3.00 bits per heavy atom. The van der Waals surface area contributed by atoms with Crippen molar-refractivity contribution in [1.82, 2.24) is 0 Å². The van der Waals surface area contributed by atoms with Crippen molar-refractivity contribution in [1.29, 1.82) is 0 Å². The molecule has 1 aliphatic heterocycles. The Hall–Kier alpha value is -0.860. The molecule has 0 N–H and O–H groups in total. The summed E-state index contributed by atoms with van der Waals surface area (Å²) in [5, 5.41) is 0. The van der Waals surface area contributed by atoms with Crippen LogP contribution in [0.4, 0.5) is 0 Å². The standard InChI is InChI=1S/C9H12O3/c1-9-5-12-8(11)4-6(9)2-3-7(9)10/h6H,2-5H2,1H3. The largest absolute Gasteiger partial charge is 0.465 e. The molecule has 2 fully saturated rings. The van der Waals surface area contributed by atoms with Crippen molar-refractivity contribution in [2.45, 2.75) is 26.2 Å². The van der Waals surface area contributed by atoms with E-state index in [1.807, 2.05) is 6.92 Å². The molecule has 0 aromatic heterocycles. The van der Waals surface area contributed by atoms with Gasteiger partial charge in [-0.05, 0) is 19.3 Å². The summed E-state index contributed by atoms with van der Waals surface area (Å²) in [4.78, 5) is 22.4. The van der Waals surface area contributed by atoms with Gasteiger partial charge in [0.2, 0.25) is 0 Å². The molecule has 0 bridgehead atoms. The number of ether oxygens (including phenoxy) is 1. The molecule has 1 heterocycles. The molecule has 3 nitrogen and oxygen atoms in total. The lowest BCUT2D eigenvalue weighted by Gasteiger charge is -2.33. The van der Waals surface area contributed by atoms with Crippen LogP contribution in [0.25, 0.3) is 0 Å². The van der Waals surface area contributed by atoms with Gasteiger partial charge >= 0.3 is 5.97 Å². The van der Waals surface area contributed by atoms with Crippen LogP contribution in [0.5, 0.6) is 0 Å². The molecule has 2 aliphatic rings. The highest BCUT2D eigenvalue weighted by atomic mass is 16.5. The van der Waals surface area contributed by atoms with E-state index in [1.54, 1.807) is 0 Å². The first-order chi connectivity index (χ1) is 5.63. The van der Waals surface area contributed by atoms with E-state index in [0.29, 0.717) is 19.4 Å². The Bertz CT molecular complexity index is 246. The van der Waals surface area contributed by atoms with Crippen LogP contribution >= 0.6 is 0 Å². The first-order valence-electron chi connectivity index (χ1n) is 4.32. The first-order valence-corrected chi connectivity index (χ1v) is 4.32. The third kappa shape index (κ3) is 0.886. The van der Waals surface area contributed by atoms with Crippen LogP contribution in [0.2, 0.25) is 0 Å². The van der Waals surface area contributed by atoms with Gasteiger partial charge in [0.1, 0.15) is 12.4 Å². The lowest BCUT2D eigenvalue weighted by Crippen LogP contribution is -2.40. The van der Waals surface area contributed by atoms with E-state index in [-0.39, 0.29) is 23.1 Å². The van der Waals surface area contributed by atoms with Crippen molar-refractivity contribution in [3.8, 4) is 0 Å². The Labute approximate surface area is 71.1 Å². The Morgan fingerprint density at radius 1 is 1.50 bits per heavy atom. The van der Waals surface area contributed by atoms with Crippen LogP contribution in [0.3, 0.4) is 0 Å². The summed E-state index contributed by atoms with van der Waals surface area (Å²) in [6.07, 6.45) is 1.92. The second-order valence-corrected chi connectivity index (χ2v) is 3.94. The van der Waals surface area contributed by atoms with E-state index in [0.717, 1.165) is 6.42 Å². The Balaban J connectivity index is 2.24. The minimum atomic E-state index is -0.353. The minimum absolute atomic E-state index is 0.146. The lowest BCUT2D eigenvalue weighted by molar-refractivity contribution is -0.159. The quantitative estimate of drug-likeness (QED) is 0.505. The molecule has 0 aromatic rings. The molecular formula is C9H12O3. The van der Waals surface area contributed by atoms with Crippen LogP contribution in [0, 0.1) is 11.3 Å². The summed E-state index contributed by atoms with van der Waals surface area (Å²) >= 11 is 0. The van der Waals surface area contributed by atoms with Gasteiger partial charge in [-0.2, -0.15) is 0 Å². The molecule has 0 radical (unpaired) electrons. The maximum absolute atomic E-state index is 11.4. The molecule has 0 aromatic carbocycles. The predicted molar refractivity (Wildman–Crippen MR) is 41.4 cm³/mol. The molecule has 12 heavy (non-hydrogen) atoms. The van der Waals surface area contributed by atoms with Crippen molar-refractivity contribution >= 4 is 11.8 Å². The lowest BCUT2D eigenvalue weighted by atomic mass is 9.77. The predicted octanol–water partition coefficient (Wildman–Crippen LogP) is 0.919. The topological polar surface area (TPSA) is 43.4 Å². The van der Waals surface area contributed by atoms with Gasteiger partial charge in [0.25, 0.3) is 0 Å². The number of fused-ring (bicyclic) bond motifs is 1. The van der Waals surface area contributed by atoms with Crippen LogP contribution in [0.1, 0.15) is 26.2 Å². The number of rotatable bonds is 0. The van der Waals surface area contributed by atoms with Gasteiger partial charge < -0.3 is 4.74 Å². The molecule has 66 valence electrons. The van der Waals surface area contributed by atoms with Crippen LogP contribution in [-0.4, -0.2) is 18.4 Å². The molecular weight excluding hydrogens is 156 g/mol. The molecule has 2 rings (SSSR count). The fourth-order valence-corrected chi connectivity index (χ4v) is 2.15. The van der Waals surface area contributed by atoms with Crippen LogP contribution in [0.15, 0.2) is 0 Å². The average Bonchev–Trinajstić information content (AvgIpc) is 2.31. The number of hydrogen-bond acceptors (Lipinski definition) is 3. The van der Waals surface area contributed by atoms with Crippen molar-refractivity contribution in [2.24, 2.45) is 11.3 Å². The molecule has 0 amide bonds. The number of carbonyl (C=O) groups excluding carboxylic acids is 2. The summed E-state index contributed by atoms with van der Waals surface area (Å²) in [5.41, 5.74) is -0.353. The zero-order valence-electron chi connectivity index (χ0n) is 7.13. The molecule has 0 spiro atoms. The molecule has 3 heteroatoms. The smallest absolute Gasteiger partial charge is 0.306 e. The number of carbonyl (C=O) groups is 2. The van der Waals surface area contributed by atoms with Gasteiger partial charge in [0, 0.05) is 12.8 Å². The summed E-state index contributed by atoms with van der Waals surface area (Å²) in [6.45, 7) is 2.22. The number of ketones is 1. The highest BCUT2D eigenvalue weighted by molar-refractivity contribution is 5.89. The Kier molecular flexibility index (Phi) is 1.50. The highest BCUT2D eigenvalue weighted by Crippen LogP contribution is 2.44. The van der Waals surface area contributed by atoms with E-state index >= 15 is 0 Å². The maximum Gasteiger partial charge on any atom is 0.306 e. The molecule has 2 atom stereocenters. The minimum Gasteiger partial charge on any atom is -0.465 e. The molecule has 1 saturated heterocycles. The number of esters is 1. The zero-order valence-corrected chi connectivity index (χ0v) is 7.13. The number of Topliss-reactive ketones (excluding diaryl/α,β-unsaturated/α-hetero) is 1. The van der Waals surface area contributed by atoms with E-state index in [4.69, 9.17) is 4.74 Å².